The van der Waals surface area contributed by atoms with Crippen LogP contribution in [-0.2, 0) is 11.2 Å². The average molecular weight is 328 g/mol. The maximum Gasteiger partial charge on any atom is 0.269 e. The Labute approximate surface area is 135 Å². The number of amides is 1. The molecule has 9 nitrogen and oxygen atoms in total. The van der Waals surface area contributed by atoms with Crippen LogP contribution in [0.3, 0.4) is 0 Å². The van der Waals surface area contributed by atoms with Crippen LogP contribution in [0.2, 0.25) is 0 Å². The lowest BCUT2D eigenvalue weighted by molar-refractivity contribution is -0.384. The summed E-state index contributed by atoms with van der Waals surface area (Å²) in [6.45, 7) is 0. The number of aryl methyl sites for hydroxylation is 1. The van der Waals surface area contributed by atoms with Gasteiger partial charge >= 0.3 is 0 Å². The fraction of sp³-hybridized carbons (Fsp3) is 0.133. The topological polar surface area (TPSA) is 124 Å². The van der Waals surface area contributed by atoms with E-state index in [4.69, 9.17) is 8.94 Å². The van der Waals surface area contributed by atoms with Crippen LogP contribution in [-0.4, -0.2) is 21.0 Å². The number of non-ortho nitro benzene ring substituents is 1. The monoisotopic (exact) mass is 328 g/mol. The van der Waals surface area contributed by atoms with E-state index in [0.717, 1.165) is 0 Å². The zero-order valence-corrected chi connectivity index (χ0v) is 12.3. The number of nitrogens with zero attached hydrogens (tertiary/aromatic N) is 3. The predicted octanol–water partition coefficient (Wildman–Crippen LogP) is 2.81. The van der Waals surface area contributed by atoms with E-state index in [1.54, 1.807) is 12.1 Å². The standard InChI is InChI=1S/C15H12N4O5/c20-13(16-10-3-5-11(6-4-10)19(21)22)7-8-14-17-15(18-24-14)12-2-1-9-23-12/h1-6,9H,7-8H2,(H,16,20). The molecular formula is C15H12N4O5. The number of carbonyl (C=O) groups is 1. The van der Waals surface area contributed by atoms with E-state index in [2.05, 4.69) is 15.5 Å². The second kappa shape index (κ2) is 6.73. The molecule has 0 fully saturated rings. The van der Waals surface area contributed by atoms with Gasteiger partial charge in [-0.3, -0.25) is 14.9 Å². The average Bonchev–Trinajstić information content (AvgIpc) is 3.25. The number of nitro benzene ring substituents is 1. The molecule has 3 aromatic rings. The number of rotatable bonds is 6. The van der Waals surface area contributed by atoms with Crippen molar-refractivity contribution in [3.8, 4) is 11.6 Å². The molecule has 2 aromatic heterocycles. The van der Waals surface area contributed by atoms with Crippen molar-refractivity contribution in [2.45, 2.75) is 12.8 Å². The summed E-state index contributed by atoms with van der Waals surface area (Å²) in [6.07, 6.45) is 1.91. The summed E-state index contributed by atoms with van der Waals surface area (Å²) in [4.78, 5) is 26.1. The molecule has 1 amide bonds. The number of carbonyl (C=O) groups excluding carboxylic acids is 1. The number of nitrogens with one attached hydrogen (secondary N) is 1. The Hall–Kier alpha value is -3.49. The molecule has 0 bridgehead atoms. The number of nitro groups is 1. The molecule has 3 rings (SSSR count). The summed E-state index contributed by atoms with van der Waals surface area (Å²) in [7, 11) is 0. The number of hydrogen-bond acceptors (Lipinski definition) is 7. The van der Waals surface area contributed by atoms with Crippen molar-refractivity contribution in [1.29, 1.82) is 0 Å². The minimum Gasteiger partial charge on any atom is -0.461 e. The fourth-order valence-electron chi connectivity index (χ4n) is 1.97. The maximum absolute atomic E-state index is 11.9. The summed E-state index contributed by atoms with van der Waals surface area (Å²) < 4.78 is 10.2. The summed E-state index contributed by atoms with van der Waals surface area (Å²) in [6, 6.07) is 9.00. The molecule has 1 N–H and O–H groups in total. The van der Waals surface area contributed by atoms with Crippen LogP contribution < -0.4 is 5.32 Å². The van der Waals surface area contributed by atoms with Crippen LogP contribution in [0.4, 0.5) is 11.4 Å². The Kier molecular flexibility index (Phi) is 4.32. The van der Waals surface area contributed by atoms with Gasteiger partial charge in [-0.25, -0.2) is 0 Å². The molecule has 0 radical (unpaired) electrons. The van der Waals surface area contributed by atoms with Crippen molar-refractivity contribution in [3.05, 3.63) is 58.7 Å². The number of benzene rings is 1. The fourth-order valence-corrected chi connectivity index (χ4v) is 1.97. The number of furan rings is 1. The lowest BCUT2D eigenvalue weighted by Gasteiger charge is -2.03. The first kappa shape index (κ1) is 15.4. The SMILES string of the molecule is O=C(CCc1nc(-c2ccco2)no1)Nc1ccc([N+](=O)[O-])cc1. The highest BCUT2D eigenvalue weighted by Crippen LogP contribution is 2.17. The Morgan fingerprint density at radius 2 is 2.04 bits per heavy atom. The van der Waals surface area contributed by atoms with E-state index in [1.807, 2.05) is 0 Å². The third-order valence-corrected chi connectivity index (χ3v) is 3.14. The molecule has 0 aliphatic heterocycles. The van der Waals surface area contributed by atoms with E-state index >= 15 is 0 Å². The van der Waals surface area contributed by atoms with E-state index in [-0.39, 0.29) is 24.4 Å². The summed E-state index contributed by atoms with van der Waals surface area (Å²) in [5.41, 5.74) is 0.441. The van der Waals surface area contributed by atoms with Crippen LogP contribution in [0.15, 0.2) is 51.6 Å². The first-order valence-electron chi connectivity index (χ1n) is 7.02. The molecule has 24 heavy (non-hydrogen) atoms. The van der Waals surface area contributed by atoms with Crippen LogP contribution in [0.5, 0.6) is 0 Å². The Balaban J connectivity index is 1.53. The highest BCUT2D eigenvalue weighted by molar-refractivity contribution is 5.90. The quantitative estimate of drug-likeness (QED) is 0.545. The molecular weight excluding hydrogens is 316 g/mol. The van der Waals surface area contributed by atoms with Crippen LogP contribution in [0, 0.1) is 10.1 Å². The van der Waals surface area contributed by atoms with Crippen molar-refractivity contribution >= 4 is 17.3 Å². The second-order valence-corrected chi connectivity index (χ2v) is 4.84. The minimum absolute atomic E-state index is 0.0377. The summed E-state index contributed by atoms with van der Waals surface area (Å²) in [5.74, 6) is 0.868. The van der Waals surface area contributed by atoms with Gasteiger partial charge in [-0.2, -0.15) is 4.98 Å². The van der Waals surface area contributed by atoms with Crippen molar-refractivity contribution in [1.82, 2.24) is 10.1 Å². The molecule has 0 aliphatic carbocycles. The molecule has 9 heteroatoms. The Morgan fingerprint density at radius 1 is 1.25 bits per heavy atom. The van der Waals surface area contributed by atoms with Crippen LogP contribution in [0.25, 0.3) is 11.6 Å². The van der Waals surface area contributed by atoms with Crippen molar-refractivity contribution < 1.29 is 18.7 Å². The van der Waals surface area contributed by atoms with E-state index in [0.29, 0.717) is 23.2 Å². The smallest absolute Gasteiger partial charge is 0.269 e. The first-order valence-corrected chi connectivity index (χ1v) is 7.02. The van der Waals surface area contributed by atoms with Gasteiger partial charge in [0.05, 0.1) is 11.2 Å². The largest absolute Gasteiger partial charge is 0.461 e. The van der Waals surface area contributed by atoms with Gasteiger partial charge in [0.15, 0.2) is 5.76 Å². The molecule has 0 unspecified atom stereocenters. The molecule has 0 aliphatic rings. The molecule has 0 saturated heterocycles. The zero-order valence-electron chi connectivity index (χ0n) is 12.3. The van der Waals surface area contributed by atoms with Crippen LogP contribution >= 0.6 is 0 Å². The van der Waals surface area contributed by atoms with E-state index in [1.165, 1.54) is 30.5 Å². The minimum atomic E-state index is -0.502. The van der Waals surface area contributed by atoms with Gasteiger partial charge in [0.25, 0.3) is 5.69 Å². The maximum atomic E-state index is 11.9. The molecule has 2 heterocycles. The second-order valence-electron chi connectivity index (χ2n) is 4.84. The van der Waals surface area contributed by atoms with Gasteiger partial charge in [-0.1, -0.05) is 5.16 Å². The zero-order chi connectivity index (χ0) is 16.9. The third-order valence-electron chi connectivity index (χ3n) is 3.14. The van der Waals surface area contributed by atoms with Crippen molar-refractivity contribution in [2.75, 3.05) is 5.32 Å². The van der Waals surface area contributed by atoms with Crippen LogP contribution in [0.1, 0.15) is 12.3 Å². The molecule has 0 atom stereocenters. The number of anilines is 1. The van der Waals surface area contributed by atoms with Gasteiger partial charge in [-0.15, -0.1) is 0 Å². The normalized spacial score (nSPS) is 10.5. The van der Waals surface area contributed by atoms with Gasteiger partial charge in [0.1, 0.15) is 0 Å². The lowest BCUT2D eigenvalue weighted by atomic mass is 10.2. The predicted molar refractivity (Wildman–Crippen MR) is 82.0 cm³/mol. The van der Waals surface area contributed by atoms with Gasteiger partial charge in [-0.05, 0) is 24.3 Å². The molecule has 122 valence electrons. The molecule has 0 saturated carbocycles. The number of hydrogen-bond donors (Lipinski definition) is 1. The van der Waals surface area contributed by atoms with Gasteiger partial charge in [0, 0.05) is 30.7 Å². The first-order chi connectivity index (χ1) is 11.6. The third kappa shape index (κ3) is 3.64. The Morgan fingerprint density at radius 3 is 2.71 bits per heavy atom. The Bertz CT molecular complexity index is 839. The highest BCUT2D eigenvalue weighted by atomic mass is 16.6. The van der Waals surface area contributed by atoms with E-state index < -0.39 is 4.92 Å². The van der Waals surface area contributed by atoms with E-state index in [9.17, 15) is 14.9 Å². The lowest BCUT2D eigenvalue weighted by Crippen LogP contribution is -2.12. The summed E-state index contributed by atoms with van der Waals surface area (Å²) >= 11 is 0. The number of aromatic nitrogens is 2. The molecule has 0 spiro atoms. The van der Waals surface area contributed by atoms with Crippen molar-refractivity contribution in [3.63, 3.8) is 0 Å². The highest BCUT2D eigenvalue weighted by Gasteiger charge is 2.12. The van der Waals surface area contributed by atoms with Crippen molar-refractivity contribution in [2.24, 2.45) is 0 Å². The molecule has 1 aromatic carbocycles. The van der Waals surface area contributed by atoms with Gasteiger partial charge in [0.2, 0.25) is 17.6 Å². The summed E-state index contributed by atoms with van der Waals surface area (Å²) in [5, 5.41) is 17.0. The van der Waals surface area contributed by atoms with Gasteiger partial charge < -0.3 is 14.3 Å².